The molecule has 1 atom stereocenters. The van der Waals surface area contributed by atoms with Gasteiger partial charge in [0.2, 0.25) is 0 Å². The van der Waals surface area contributed by atoms with E-state index in [0.29, 0.717) is 12.4 Å². The van der Waals surface area contributed by atoms with Crippen LogP contribution in [0.1, 0.15) is 25.0 Å². The molecule has 16 heavy (non-hydrogen) atoms. The van der Waals surface area contributed by atoms with Gasteiger partial charge in [-0.05, 0) is 12.1 Å². The molecule has 1 aliphatic heterocycles. The van der Waals surface area contributed by atoms with Crippen molar-refractivity contribution < 1.29 is 19.0 Å². The molecule has 0 aromatic heterocycles. The van der Waals surface area contributed by atoms with Crippen LogP contribution in [-0.4, -0.2) is 19.7 Å². The Morgan fingerprint density at radius 3 is 3.00 bits per heavy atom. The summed E-state index contributed by atoms with van der Waals surface area (Å²) < 4.78 is 15.8. The molecule has 2 rings (SSSR count). The first kappa shape index (κ1) is 11.0. The van der Waals surface area contributed by atoms with E-state index in [1.807, 2.05) is 6.07 Å². The zero-order valence-electron chi connectivity index (χ0n) is 9.36. The Morgan fingerprint density at radius 2 is 2.31 bits per heavy atom. The van der Waals surface area contributed by atoms with Crippen LogP contribution in [-0.2, 0) is 9.53 Å². The average molecular weight is 222 g/mol. The third-order valence-electron chi connectivity index (χ3n) is 2.52. The van der Waals surface area contributed by atoms with E-state index in [0.717, 1.165) is 17.7 Å². The van der Waals surface area contributed by atoms with Crippen LogP contribution in [0.2, 0.25) is 0 Å². The molecule has 0 bridgehead atoms. The van der Waals surface area contributed by atoms with Crippen molar-refractivity contribution in [1.29, 1.82) is 0 Å². The first-order chi connectivity index (χ1) is 7.70. The lowest BCUT2D eigenvalue weighted by Gasteiger charge is -2.24. The van der Waals surface area contributed by atoms with E-state index in [1.54, 1.807) is 19.2 Å². The summed E-state index contributed by atoms with van der Waals surface area (Å²) in [6.07, 6.45) is 0.909. The number of hydrogen-bond acceptors (Lipinski definition) is 4. The van der Waals surface area contributed by atoms with Crippen molar-refractivity contribution >= 4 is 5.97 Å². The van der Waals surface area contributed by atoms with Gasteiger partial charge < -0.3 is 14.2 Å². The Hall–Kier alpha value is -1.55. The zero-order valence-corrected chi connectivity index (χ0v) is 9.36. The van der Waals surface area contributed by atoms with E-state index >= 15 is 0 Å². The molecule has 0 aliphatic carbocycles. The summed E-state index contributed by atoms with van der Waals surface area (Å²) in [4.78, 5) is 10.8. The Labute approximate surface area is 94.1 Å². The molecule has 1 aromatic rings. The molecule has 4 heteroatoms. The van der Waals surface area contributed by atoms with Crippen molar-refractivity contribution in [3.63, 3.8) is 0 Å². The second-order valence-corrected chi connectivity index (χ2v) is 3.65. The molecule has 4 nitrogen and oxygen atoms in total. The second kappa shape index (κ2) is 4.53. The number of methoxy groups -OCH3 is 1. The first-order valence-corrected chi connectivity index (χ1v) is 5.18. The van der Waals surface area contributed by atoms with Crippen molar-refractivity contribution in [1.82, 2.24) is 0 Å². The summed E-state index contributed by atoms with van der Waals surface area (Å²) in [5.41, 5.74) is 1.00. The maximum atomic E-state index is 10.8. The monoisotopic (exact) mass is 222 g/mol. The van der Waals surface area contributed by atoms with Crippen molar-refractivity contribution in [2.24, 2.45) is 0 Å². The number of benzene rings is 1. The predicted molar refractivity (Wildman–Crippen MR) is 57.6 cm³/mol. The number of carbonyl (C=O) groups excluding carboxylic acids is 1. The second-order valence-electron chi connectivity index (χ2n) is 3.65. The molecule has 0 amide bonds. The van der Waals surface area contributed by atoms with Crippen LogP contribution in [0.4, 0.5) is 0 Å². The van der Waals surface area contributed by atoms with Gasteiger partial charge in [0.1, 0.15) is 11.5 Å². The Balaban J connectivity index is 2.28. The molecule has 0 saturated heterocycles. The van der Waals surface area contributed by atoms with Crippen LogP contribution in [0, 0.1) is 0 Å². The number of fused-ring (bicyclic) bond motifs is 1. The Bertz CT molecular complexity index is 400. The van der Waals surface area contributed by atoms with Crippen LogP contribution in [0.3, 0.4) is 0 Å². The number of rotatable bonds is 2. The lowest BCUT2D eigenvalue weighted by atomic mass is 10.0. The summed E-state index contributed by atoms with van der Waals surface area (Å²) >= 11 is 0. The largest absolute Gasteiger partial charge is 0.493 e. The van der Waals surface area contributed by atoms with E-state index < -0.39 is 0 Å². The van der Waals surface area contributed by atoms with Crippen LogP contribution in [0.15, 0.2) is 18.2 Å². The maximum absolute atomic E-state index is 10.8. The summed E-state index contributed by atoms with van der Waals surface area (Å²) in [5, 5.41) is 0. The fraction of sp³-hybridized carbons (Fsp3) is 0.417. The summed E-state index contributed by atoms with van der Waals surface area (Å²) in [7, 11) is 1.68. The van der Waals surface area contributed by atoms with Crippen LogP contribution < -0.4 is 9.47 Å². The molecule has 0 saturated carbocycles. The summed E-state index contributed by atoms with van der Waals surface area (Å²) in [6.45, 7) is 1.99. The van der Waals surface area contributed by atoms with Gasteiger partial charge in [-0.25, -0.2) is 0 Å². The standard InChI is InChI=1S/C12H14O4/c1-8(13)16-9-3-4-10-11(14-2)5-6-15-12(10)7-9/h3-4,7,11H,5-6H2,1-2H3. The molecule has 0 spiro atoms. The quantitative estimate of drug-likeness (QED) is 0.567. The first-order valence-electron chi connectivity index (χ1n) is 5.18. The summed E-state index contributed by atoms with van der Waals surface area (Å²) in [6, 6.07) is 5.35. The van der Waals surface area contributed by atoms with E-state index in [9.17, 15) is 4.79 Å². The number of ether oxygens (including phenoxy) is 3. The van der Waals surface area contributed by atoms with Gasteiger partial charge in [0.25, 0.3) is 0 Å². The van der Waals surface area contributed by atoms with E-state index in [2.05, 4.69) is 0 Å². The van der Waals surface area contributed by atoms with Crippen molar-refractivity contribution in [3.8, 4) is 11.5 Å². The SMILES string of the molecule is COC1CCOc2cc(OC(C)=O)ccc21. The average Bonchev–Trinajstić information content (AvgIpc) is 2.27. The van der Waals surface area contributed by atoms with Gasteiger partial charge in [-0.15, -0.1) is 0 Å². The zero-order chi connectivity index (χ0) is 11.5. The van der Waals surface area contributed by atoms with Crippen molar-refractivity contribution in [2.45, 2.75) is 19.4 Å². The minimum atomic E-state index is -0.334. The van der Waals surface area contributed by atoms with Gasteiger partial charge >= 0.3 is 5.97 Å². The van der Waals surface area contributed by atoms with Gasteiger partial charge in [-0.1, -0.05) is 0 Å². The Kier molecular flexibility index (Phi) is 3.10. The molecule has 0 N–H and O–H groups in total. The molecule has 0 fully saturated rings. The van der Waals surface area contributed by atoms with Crippen LogP contribution >= 0.6 is 0 Å². The lowest BCUT2D eigenvalue weighted by Crippen LogP contribution is -2.15. The molecule has 1 heterocycles. The molecule has 1 unspecified atom stereocenters. The highest BCUT2D eigenvalue weighted by Gasteiger charge is 2.21. The van der Waals surface area contributed by atoms with Crippen molar-refractivity contribution in [2.75, 3.05) is 13.7 Å². The molecular formula is C12H14O4. The van der Waals surface area contributed by atoms with Gasteiger partial charge in [0.15, 0.2) is 0 Å². The third-order valence-corrected chi connectivity index (χ3v) is 2.52. The van der Waals surface area contributed by atoms with E-state index in [4.69, 9.17) is 14.2 Å². The minimum absolute atomic E-state index is 0.0649. The highest BCUT2D eigenvalue weighted by atomic mass is 16.5. The topological polar surface area (TPSA) is 44.8 Å². The Morgan fingerprint density at radius 1 is 1.50 bits per heavy atom. The molecule has 1 aromatic carbocycles. The number of hydrogen-bond donors (Lipinski definition) is 0. The summed E-state index contributed by atoms with van der Waals surface area (Å²) in [5.74, 6) is 0.902. The van der Waals surface area contributed by atoms with E-state index in [-0.39, 0.29) is 12.1 Å². The highest BCUT2D eigenvalue weighted by Crippen LogP contribution is 2.36. The van der Waals surface area contributed by atoms with Crippen LogP contribution in [0.5, 0.6) is 11.5 Å². The fourth-order valence-electron chi connectivity index (χ4n) is 1.81. The fourth-order valence-corrected chi connectivity index (χ4v) is 1.81. The molecule has 0 radical (unpaired) electrons. The van der Waals surface area contributed by atoms with E-state index in [1.165, 1.54) is 6.92 Å². The number of esters is 1. The van der Waals surface area contributed by atoms with Gasteiger partial charge in [0.05, 0.1) is 12.7 Å². The van der Waals surface area contributed by atoms with Gasteiger partial charge in [-0.3, -0.25) is 4.79 Å². The minimum Gasteiger partial charge on any atom is -0.493 e. The predicted octanol–water partition coefficient (Wildman–Crippen LogP) is 2.08. The molecule has 86 valence electrons. The van der Waals surface area contributed by atoms with Crippen molar-refractivity contribution in [3.05, 3.63) is 23.8 Å². The lowest BCUT2D eigenvalue weighted by molar-refractivity contribution is -0.131. The smallest absolute Gasteiger partial charge is 0.308 e. The molecular weight excluding hydrogens is 208 g/mol. The highest BCUT2D eigenvalue weighted by molar-refractivity contribution is 5.69. The molecule has 1 aliphatic rings. The van der Waals surface area contributed by atoms with Gasteiger partial charge in [0, 0.05) is 32.1 Å². The third kappa shape index (κ3) is 2.17. The maximum Gasteiger partial charge on any atom is 0.308 e. The van der Waals surface area contributed by atoms with Gasteiger partial charge in [-0.2, -0.15) is 0 Å². The van der Waals surface area contributed by atoms with Crippen LogP contribution in [0.25, 0.3) is 0 Å². The normalized spacial score (nSPS) is 18.5. The number of carbonyl (C=O) groups is 1.